The van der Waals surface area contributed by atoms with E-state index in [2.05, 4.69) is 13.8 Å². The van der Waals surface area contributed by atoms with Crippen molar-refractivity contribution in [3.05, 3.63) is 0 Å². The van der Waals surface area contributed by atoms with E-state index in [0.29, 0.717) is 6.61 Å². The summed E-state index contributed by atoms with van der Waals surface area (Å²) in [6.07, 6.45) is 31.9. The summed E-state index contributed by atoms with van der Waals surface area (Å²) < 4.78 is 33.3. The number of aliphatic hydroxyl groups excluding tert-OH is 2. The third-order valence-corrected chi connectivity index (χ3v) is 9.74. The topological polar surface area (TPSA) is 132 Å². The molecule has 3 atom stereocenters. The maximum Gasteiger partial charge on any atom is 0.472 e. The number of phosphoric acid groups is 1. The van der Waals surface area contributed by atoms with E-state index in [0.717, 1.165) is 32.1 Å². The van der Waals surface area contributed by atoms with Crippen molar-refractivity contribution < 1.29 is 43.0 Å². The van der Waals surface area contributed by atoms with Crippen LogP contribution in [-0.4, -0.2) is 66.3 Å². The summed E-state index contributed by atoms with van der Waals surface area (Å²) in [6.45, 7) is 3.55. The Hall–Kier alpha value is -0.540. The molecule has 0 radical (unpaired) electrons. The zero-order chi connectivity index (χ0) is 35.4. The van der Waals surface area contributed by atoms with Crippen molar-refractivity contribution in [3.63, 3.8) is 0 Å². The van der Waals surface area contributed by atoms with Crippen LogP contribution in [0.2, 0.25) is 0 Å². The van der Waals surface area contributed by atoms with Gasteiger partial charge in [-0.05, 0) is 12.8 Å². The molecule has 0 aliphatic heterocycles. The van der Waals surface area contributed by atoms with Gasteiger partial charge >= 0.3 is 13.8 Å². The quantitative estimate of drug-likeness (QED) is 0.0324. The highest BCUT2D eigenvalue weighted by molar-refractivity contribution is 7.47. The molecule has 0 fully saturated rings. The third kappa shape index (κ3) is 35.3. The molecule has 0 bridgehead atoms. The molecule has 3 N–H and O–H groups in total. The maximum atomic E-state index is 12.5. The summed E-state index contributed by atoms with van der Waals surface area (Å²) in [6, 6.07) is 0. The normalized spacial score (nSPS) is 14.2. The minimum absolute atomic E-state index is 0.0576. The van der Waals surface area contributed by atoms with Gasteiger partial charge in [0.2, 0.25) is 0 Å². The smallest absolute Gasteiger partial charge is 0.457 e. The van der Waals surface area contributed by atoms with E-state index in [4.69, 9.17) is 23.6 Å². The molecule has 0 saturated heterocycles. The molecular weight excluding hydrogens is 631 g/mol. The second-order valence-corrected chi connectivity index (χ2v) is 15.1. The first-order chi connectivity index (χ1) is 23.3. The van der Waals surface area contributed by atoms with Crippen LogP contribution in [0, 0.1) is 0 Å². The first-order valence-electron chi connectivity index (χ1n) is 20.0. The predicted octanol–water partition coefficient (Wildman–Crippen LogP) is 10.4. The average Bonchev–Trinajstić information content (AvgIpc) is 3.07. The van der Waals surface area contributed by atoms with Crippen molar-refractivity contribution in [1.82, 2.24) is 0 Å². The van der Waals surface area contributed by atoms with Gasteiger partial charge in [0.15, 0.2) is 0 Å². The van der Waals surface area contributed by atoms with Crippen molar-refractivity contribution in [2.45, 2.75) is 206 Å². The van der Waals surface area contributed by atoms with Crippen LogP contribution in [0.4, 0.5) is 0 Å². The Morgan fingerprint density at radius 1 is 0.562 bits per heavy atom. The Bertz CT molecular complexity index is 724. The molecule has 288 valence electrons. The maximum absolute atomic E-state index is 12.5. The second-order valence-electron chi connectivity index (χ2n) is 13.7. The second kappa shape index (κ2) is 36.3. The Kier molecular flexibility index (Phi) is 35.8. The van der Waals surface area contributed by atoms with E-state index in [-0.39, 0.29) is 25.6 Å². The first kappa shape index (κ1) is 47.5. The summed E-state index contributed by atoms with van der Waals surface area (Å²) >= 11 is 0. The molecule has 1 unspecified atom stereocenters. The van der Waals surface area contributed by atoms with E-state index in [1.54, 1.807) is 0 Å². The molecule has 0 saturated carbocycles. The lowest BCUT2D eigenvalue weighted by molar-refractivity contribution is -0.154. The molecule has 0 aliphatic rings. The van der Waals surface area contributed by atoms with Crippen LogP contribution in [0.5, 0.6) is 0 Å². The molecule has 0 amide bonds. The summed E-state index contributed by atoms with van der Waals surface area (Å²) in [5, 5.41) is 18.3. The van der Waals surface area contributed by atoms with E-state index in [1.165, 1.54) is 141 Å². The predicted molar refractivity (Wildman–Crippen MR) is 196 cm³/mol. The lowest BCUT2D eigenvalue weighted by atomic mass is 10.0. The zero-order valence-corrected chi connectivity index (χ0v) is 32.1. The Morgan fingerprint density at radius 3 is 1.35 bits per heavy atom. The number of hydrogen-bond donors (Lipinski definition) is 3. The SMILES string of the molecule is CCCCCCCCCCCCCCCCOC[C@H](COP(=O)(O)OC[C@@H](O)CO)OC(=O)CCCCCCCCCCCCCCC. The highest BCUT2D eigenvalue weighted by Crippen LogP contribution is 2.43. The van der Waals surface area contributed by atoms with Crippen LogP contribution >= 0.6 is 7.82 Å². The van der Waals surface area contributed by atoms with Crippen LogP contribution in [-0.2, 0) is 27.9 Å². The van der Waals surface area contributed by atoms with E-state index < -0.39 is 33.2 Å². The molecule has 10 heteroatoms. The van der Waals surface area contributed by atoms with Crippen LogP contribution in [0.25, 0.3) is 0 Å². The van der Waals surface area contributed by atoms with Crippen molar-refractivity contribution >= 4 is 13.8 Å². The molecule has 0 aromatic rings. The number of carbonyl (C=O) groups excluding carboxylic acids is 1. The zero-order valence-electron chi connectivity index (χ0n) is 31.2. The van der Waals surface area contributed by atoms with Gasteiger partial charge in [-0.2, -0.15) is 0 Å². The van der Waals surface area contributed by atoms with Crippen LogP contribution in [0.3, 0.4) is 0 Å². The lowest BCUT2D eigenvalue weighted by Gasteiger charge is -2.20. The molecule has 0 heterocycles. The van der Waals surface area contributed by atoms with Crippen LogP contribution < -0.4 is 0 Å². The molecule has 0 spiro atoms. The van der Waals surface area contributed by atoms with E-state index in [9.17, 15) is 19.4 Å². The van der Waals surface area contributed by atoms with Gasteiger partial charge < -0.3 is 24.6 Å². The first-order valence-corrected chi connectivity index (χ1v) is 21.5. The molecule has 0 aliphatic carbocycles. The fraction of sp³-hybridized carbons (Fsp3) is 0.974. The molecule has 0 rings (SSSR count). The highest BCUT2D eigenvalue weighted by Gasteiger charge is 2.26. The van der Waals surface area contributed by atoms with Gasteiger partial charge in [0.25, 0.3) is 0 Å². The minimum atomic E-state index is -4.50. The summed E-state index contributed by atoms with van der Waals surface area (Å²) in [5.74, 6) is -0.379. The summed E-state index contributed by atoms with van der Waals surface area (Å²) in [7, 11) is -4.50. The van der Waals surface area contributed by atoms with Gasteiger partial charge in [-0.25, -0.2) is 4.57 Å². The molecular formula is C38H77O9P. The lowest BCUT2D eigenvalue weighted by Crippen LogP contribution is -2.29. The number of carbonyl (C=O) groups is 1. The van der Waals surface area contributed by atoms with Crippen molar-refractivity contribution in [2.75, 3.05) is 33.0 Å². The number of phosphoric ester groups is 1. The highest BCUT2D eigenvalue weighted by atomic mass is 31.2. The van der Waals surface area contributed by atoms with Gasteiger partial charge in [0, 0.05) is 13.0 Å². The van der Waals surface area contributed by atoms with Gasteiger partial charge in [0.1, 0.15) is 12.2 Å². The number of ether oxygens (including phenoxy) is 2. The standard InChI is InChI=1S/C38H77O9P/c1-3-5-7-9-11-13-15-17-19-21-23-25-27-29-31-44-34-37(35-46-48(42,43)45-33-36(40)32-39)47-38(41)30-28-26-24-22-20-18-16-14-12-10-8-6-4-2/h36-37,39-40H,3-35H2,1-2H3,(H,42,43)/t36-,37+/m0/s1. The molecule has 0 aromatic carbocycles. The van der Waals surface area contributed by atoms with Gasteiger partial charge in [-0.15, -0.1) is 0 Å². The third-order valence-electron chi connectivity index (χ3n) is 8.79. The summed E-state index contributed by atoms with van der Waals surface area (Å²) in [4.78, 5) is 22.5. The fourth-order valence-electron chi connectivity index (χ4n) is 5.71. The van der Waals surface area contributed by atoms with Gasteiger partial charge in [0.05, 0.1) is 26.4 Å². The number of esters is 1. The molecule has 9 nitrogen and oxygen atoms in total. The fourth-order valence-corrected chi connectivity index (χ4v) is 6.50. The average molecular weight is 709 g/mol. The Labute approximate surface area is 295 Å². The number of aliphatic hydroxyl groups is 2. The van der Waals surface area contributed by atoms with Crippen molar-refractivity contribution in [3.8, 4) is 0 Å². The van der Waals surface area contributed by atoms with E-state index in [1.807, 2.05) is 0 Å². The number of unbranched alkanes of at least 4 members (excludes halogenated alkanes) is 25. The van der Waals surface area contributed by atoms with Crippen LogP contribution in [0.1, 0.15) is 194 Å². The largest absolute Gasteiger partial charge is 0.472 e. The van der Waals surface area contributed by atoms with Crippen LogP contribution in [0.15, 0.2) is 0 Å². The van der Waals surface area contributed by atoms with Crippen molar-refractivity contribution in [2.24, 2.45) is 0 Å². The minimum Gasteiger partial charge on any atom is -0.457 e. The molecule has 0 aromatic heterocycles. The van der Waals surface area contributed by atoms with E-state index >= 15 is 0 Å². The molecule has 48 heavy (non-hydrogen) atoms. The number of rotatable bonds is 39. The Balaban J connectivity index is 4.17. The van der Waals surface area contributed by atoms with Gasteiger partial charge in [-0.3, -0.25) is 13.8 Å². The Morgan fingerprint density at radius 2 is 0.938 bits per heavy atom. The van der Waals surface area contributed by atoms with Gasteiger partial charge in [-0.1, -0.05) is 174 Å². The van der Waals surface area contributed by atoms with Crippen molar-refractivity contribution in [1.29, 1.82) is 0 Å². The summed E-state index contributed by atoms with van der Waals surface area (Å²) in [5.41, 5.74) is 0. The number of hydrogen-bond acceptors (Lipinski definition) is 8. The monoisotopic (exact) mass is 709 g/mol.